The molecule has 0 aliphatic carbocycles. The fraction of sp³-hybridized carbons (Fsp3) is 0.583. The highest BCUT2D eigenvalue weighted by Crippen LogP contribution is 2.06. The topological polar surface area (TPSA) is 85.2 Å². The number of hydrogen-bond donors (Lipinski definition) is 2. The lowest BCUT2D eigenvalue weighted by atomic mass is 10.2. The molecule has 106 valence electrons. The first-order valence-corrected chi connectivity index (χ1v) is 6.01. The summed E-state index contributed by atoms with van der Waals surface area (Å²) in [6.45, 7) is 5.56. The second-order valence-corrected chi connectivity index (χ2v) is 5.13. The monoisotopic (exact) mass is 268 g/mol. The summed E-state index contributed by atoms with van der Waals surface area (Å²) >= 11 is 0. The van der Waals surface area contributed by atoms with Gasteiger partial charge in [0.2, 0.25) is 5.91 Å². The van der Waals surface area contributed by atoms with Gasteiger partial charge in [-0.15, -0.1) is 0 Å². The minimum Gasteiger partial charge on any atom is -0.444 e. The number of carbonyl (C=O) groups is 2. The smallest absolute Gasteiger partial charge is 0.407 e. The maximum absolute atomic E-state index is 11.5. The molecule has 2 amide bonds. The Morgan fingerprint density at radius 1 is 1.42 bits per heavy atom. The molecule has 7 nitrogen and oxygen atoms in total. The largest absolute Gasteiger partial charge is 0.444 e. The SMILES string of the molecule is Cn1cc(NC(=O)CCNC(=O)OC(C)(C)C)cn1. The average Bonchev–Trinajstić information content (AvgIpc) is 2.61. The van der Waals surface area contributed by atoms with Gasteiger partial charge in [-0.25, -0.2) is 4.79 Å². The van der Waals surface area contributed by atoms with Gasteiger partial charge in [0, 0.05) is 26.2 Å². The van der Waals surface area contributed by atoms with Crippen LogP contribution in [0.15, 0.2) is 12.4 Å². The zero-order valence-corrected chi connectivity index (χ0v) is 11.7. The predicted octanol–water partition coefficient (Wildman–Crippen LogP) is 1.27. The molecule has 0 atom stereocenters. The third-order valence-electron chi connectivity index (χ3n) is 2.01. The zero-order chi connectivity index (χ0) is 14.5. The second kappa shape index (κ2) is 6.21. The summed E-state index contributed by atoms with van der Waals surface area (Å²) in [4.78, 5) is 22.9. The standard InChI is InChI=1S/C12H20N4O3/c1-12(2,3)19-11(18)13-6-5-10(17)15-9-7-14-16(4)8-9/h7-8H,5-6H2,1-4H3,(H,13,18)(H,15,17). The molecule has 2 N–H and O–H groups in total. The van der Waals surface area contributed by atoms with Crippen molar-refractivity contribution in [3.05, 3.63) is 12.4 Å². The highest BCUT2D eigenvalue weighted by Gasteiger charge is 2.15. The van der Waals surface area contributed by atoms with Gasteiger partial charge in [-0.05, 0) is 20.8 Å². The molecule has 1 aromatic heterocycles. The Labute approximate surface area is 112 Å². The molecule has 0 fully saturated rings. The van der Waals surface area contributed by atoms with Crippen molar-refractivity contribution in [3.8, 4) is 0 Å². The van der Waals surface area contributed by atoms with Crippen LogP contribution in [0.2, 0.25) is 0 Å². The Hall–Kier alpha value is -2.05. The maximum Gasteiger partial charge on any atom is 0.407 e. The molecule has 0 radical (unpaired) electrons. The van der Waals surface area contributed by atoms with E-state index in [-0.39, 0.29) is 18.9 Å². The number of rotatable bonds is 4. The van der Waals surface area contributed by atoms with Gasteiger partial charge in [0.25, 0.3) is 0 Å². The predicted molar refractivity (Wildman–Crippen MR) is 70.7 cm³/mol. The van der Waals surface area contributed by atoms with Crippen LogP contribution in [0.1, 0.15) is 27.2 Å². The van der Waals surface area contributed by atoms with E-state index in [0.717, 1.165) is 0 Å². The number of nitrogens with zero attached hydrogens (tertiary/aromatic N) is 2. The van der Waals surface area contributed by atoms with E-state index in [1.54, 1.807) is 44.9 Å². The van der Waals surface area contributed by atoms with Gasteiger partial charge in [0.05, 0.1) is 11.9 Å². The van der Waals surface area contributed by atoms with E-state index in [4.69, 9.17) is 4.74 Å². The van der Waals surface area contributed by atoms with E-state index in [1.807, 2.05) is 0 Å². The molecule has 0 unspecified atom stereocenters. The zero-order valence-electron chi connectivity index (χ0n) is 11.7. The molecule has 7 heteroatoms. The van der Waals surface area contributed by atoms with Crippen molar-refractivity contribution < 1.29 is 14.3 Å². The summed E-state index contributed by atoms with van der Waals surface area (Å²) in [6.07, 6.45) is 2.90. The number of hydrogen-bond acceptors (Lipinski definition) is 4. The number of alkyl carbamates (subject to hydrolysis) is 1. The van der Waals surface area contributed by atoms with Gasteiger partial charge in [-0.1, -0.05) is 0 Å². The Bertz CT molecular complexity index is 448. The van der Waals surface area contributed by atoms with Gasteiger partial charge >= 0.3 is 6.09 Å². The van der Waals surface area contributed by atoms with Crippen LogP contribution in [-0.4, -0.2) is 33.9 Å². The first kappa shape index (κ1) is 15.0. The molecule has 0 bridgehead atoms. The molecule has 0 saturated heterocycles. The van der Waals surface area contributed by atoms with Crippen LogP contribution in [-0.2, 0) is 16.6 Å². The van der Waals surface area contributed by atoms with Crippen LogP contribution >= 0.6 is 0 Å². The van der Waals surface area contributed by atoms with Crippen molar-refractivity contribution in [3.63, 3.8) is 0 Å². The molecule has 1 heterocycles. The van der Waals surface area contributed by atoms with E-state index >= 15 is 0 Å². The summed E-state index contributed by atoms with van der Waals surface area (Å²) in [5.74, 6) is -0.191. The van der Waals surface area contributed by atoms with Crippen molar-refractivity contribution in [1.29, 1.82) is 0 Å². The van der Waals surface area contributed by atoms with E-state index in [1.165, 1.54) is 0 Å². The highest BCUT2D eigenvalue weighted by atomic mass is 16.6. The lowest BCUT2D eigenvalue weighted by molar-refractivity contribution is -0.116. The van der Waals surface area contributed by atoms with Crippen LogP contribution in [0.3, 0.4) is 0 Å². The Kier molecular flexibility index (Phi) is 4.91. The van der Waals surface area contributed by atoms with Gasteiger partial charge in [-0.3, -0.25) is 9.48 Å². The van der Waals surface area contributed by atoms with E-state index < -0.39 is 11.7 Å². The van der Waals surface area contributed by atoms with Crippen molar-refractivity contribution in [2.45, 2.75) is 32.8 Å². The number of carbonyl (C=O) groups excluding carboxylic acids is 2. The summed E-state index contributed by atoms with van der Waals surface area (Å²) in [5.41, 5.74) is 0.0898. The van der Waals surface area contributed by atoms with Crippen LogP contribution in [0.4, 0.5) is 10.5 Å². The van der Waals surface area contributed by atoms with Crippen LogP contribution in [0.5, 0.6) is 0 Å². The summed E-state index contributed by atoms with van der Waals surface area (Å²) in [6, 6.07) is 0. The fourth-order valence-corrected chi connectivity index (χ4v) is 1.30. The minimum atomic E-state index is -0.540. The van der Waals surface area contributed by atoms with Crippen molar-refractivity contribution in [2.75, 3.05) is 11.9 Å². The molecular formula is C12H20N4O3. The molecule has 1 rings (SSSR count). The van der Waals surface area contributed by atoms with Gasteiger partial charge in [0.1, 0.15) is 5.60 Å². The molecule has 0 spiro atoms. The van der Waals surface area contributed by atoms with Gasteiger partial charge < -0.3 is 15.4 Å². The minimum absolute atomic E-state index is 0.175. The van der Waals surface area contributed by atoms with E-state index in [0.29, 0.717) is 5.69 Å². The van der Waals surface area contributed by atoms with Crippen LogP contribution < -0.4 is 10.6 Å². The Morgan fingerprint density at radius 3 is 2.63 bits per heavy atom. The summed E-state index contributed by atoms with van der Waals surface area (Å²) in [7, 11) is 1.76. The molecule has 0 aliphatic heterocycles. The van der Waals surface area contributed by atoms with E-state index in [2.05, 4.69) is 15.7 Å². The number of anilines is 1. The Balaban J connectivity index is 2.22. The molecule has 0 saturated carbocycles. The number of aryl methyl sites for hydroxylation is 1. The van der Waals surface area contributed by atoms with Crippen LogP contribution in [0, 0.1) is 0 Å². The Morgan fingerprint density at radius 2 is 2.11 bits per heavy atom. The molecule has 0 aliphatic rings. The summed E-state index contributed by atoms with van der Waals surface area (Å²) in [5, 5.41) is 9.12. The van der Waals surface area contributed by atoms with E-state index in [9.17, 15) is 9.59 Å². The number of ether oxygens (including phenoxy) is 1. The highest BCUT2D eigenvalue weighted by molar-refractivity contribution is 5.90. The number of nitrogens with one attached hydrogen (secondary N) is 2. The van der Waals surface area contributed by atoms with Gasteiger partial charge in [0.15, 0.2) is 0 Å². The normalized spacial score (nSPS) is 10.9. The van der Waals surface area contributed by atoms with Gasteiger partial charge in [-0.2, -0.15) is 5.10 Å². The first-order valence-electron chi connectivity index (χ1n) is 6.01. The summed E-state index contributed by atoms with van der Waals surface area (Å²) < 4.78 is 6.64. The third-order valence-corrected chi connectivity index (χ3v) is 2.01. The lowest BCUT2D eigenvalue weighted by Gasteiger charge is -2.19. The average molecular weight is 268 g/mol. The fourth-order valence-electron chi connectivity index (χ4n) is 1.30. The third kappa shape index (κ3) is 6.44. The maximum atomic E-state index is 11.5. The number of aromatic nitrogens is 2. The molecule has 19 heavy (non-hydrogen) atoms. The molecule has 0 aromatic carbocycles. The van der Waals surface area contributed by atoms with Crippen LogP contribution in [0.25, 0.3) is 0 Å². The van der Waals surface area contributed by atoms with Crippen molar-refractivity contribution in [2.24, 2.45) is 7.05 Å². The second-order valence-electron chi connectivity index (χ2n) is 5.13. The molecular weight excluding hydrogens is 248 g/mol. The first-order chi connectivity index (χ1) is 8.76. The molecule has 1 aromatic rings. The van der Waals surface area contributed by atoms with Crippen molar-refractivity contribution in [1.82, 2.24) is 15.1 Å². The van der Waals surface area contributed by atoms with Crippen molar-refractivity contribution >= 4 is 17.7 Å². The number of amides is 2. The quantitative estimate of drug-likeness (QED) is 0.861. The lowest BCUT2D eigenvalue weighted by Crippen LogP contribution is -2.34.